The third-order valence-electron chi connectivity index (χ3n) is 4.53. The van der Waals surface area contributed by atoms with Crippen LogP contribution in [0.15, 0.2) is 0 Å². The summed E-state index contributed by atoms with van der Waals surface area (Å²) in [5.41, 5.74) is 6.83. The molecule has 0 aromatic heterocycles. The normalized spacial score (nSPS) is 38.1. The van der Waals surface area contributed by atoms with Gasteiger partial charge in [-0.3, -0.25) is 0 Å². The van der Waals surface area contributed by atoms with Gasteiger partial charge in [0.1, 0.15) is 0 Å². The molecular weight excluding hydrogens is 170 g/mol. The molecule has 0 amide bonds. The van der Waals surface area contributed by atoms with Crippen LogP contribution in [0.4, 0.5) is 0 Å². The summed E-state index contributed by atoms with van der Waals surface area (Å²) in [6.07, 6.45) is 12.4. The van der Waals surface area contributed by atoms with Crippen LogP contribution in [0.5, 0.6) is 0 Å². The van der Waals surface area contributed by atoms with E-state index in [9.17, 15) is 0 Å². The van der Waals surface area contributed by atoms with Crippen LogP contribution in [0.2, 0.25) is 0 Å². The molecule has 2 saturated carbocycles. The van der Waals surface area contributed by atoms with Crippen molar-refractivity contribution in [1.82, 2.24) is 0 Å². The van der Waals surface area contributed by atoms with Gasteiger partial charge < -0.3 is 5.73 Å². The van der Waals surface area contributed by atoms with Crippen molar-refractivity contribution >= 4 is 0 Å². The third kappa shape index (κ3) is 2.13. The lowest BCUT2D eigenvalue weighted by Crippen LogP contribution is -2.49. The summed E-state index contributed by atoms with van der Waals surface area (Å²) in [6.45, 7) is 2.40. The van der Waals surface area contributed by atoms with E-state index >= 15 is 0 Å². The molecule has 2 aliphatic rings. The Labute approximate surface area is 88.4 Å². The van der Waals surface area contributed by atoms with Crippen molar-refractivity contribution in [1.29, 1.82) is 0 Å². The lowest BCUT2D eigenvalue weighted by molar-refractivity contribution is 0.131. The third-order valence-corrected chi connectivity index (χ3v) is 4.53. The Bertz CT molecular complexity index is 182. The van der Waals surface area contributed by atoms with E-state index in [0.29, 0.717) is 0 Å². The van der Waals surface area contributed by atoms with Gasteiger partial charge in [0.25, 0.3) is 0 Å². The van der Waals surface area contributed by atoms with Gasteiger partial charge in [0.15, 0.2) is 0 Å². The lowest BCUT2D eigenvalue weighted by Gasteiger charge is -2.44. The number of nitrogens with two attached hydrogens (primary N) is 1. The van der Waals surface area contributed by atoms with E-state index in [1.165, 1.54) is 57.8 Å². The van der Waals surface area contributed by atoms with Gasteiger partial charge >= 0.3 is 0 Å². The van der Waals surface area contributed by atoms with Crippen LogP contribution in [0.25, 0.3) is 0 Å². The van der Waals surface area contributed by atoms with E-state index in [1.807, 2.05) is 0 Å². The summed E-state index contributed by atoms with van der Waals surface area (Å²) in [7, 11) is 0. The molecule has 0 bridgehead atoms. The van der Waals surface area contributed by atoms with E-state index in [1.54, 1.807) is 0 Å². The topological polar surface area (TPSA) is 26.0 Å². The molecule has 0 aliphatic heterocycles. The molecule has 0 aromatic carbocycles. The first-order valence-electron chi connectivity index (χ1n) is 6.49. The van der Waals surface area contributed by atoms with Crippen molar-refractivity contribution in [2.75, 3.05) is 0 Å². The van der Waals surface area contributed by atoms with Crippen LogP contribution in [-0.4, -0.2) is 5.54 Å². The first-order valence-corrected chi connectivity index (χ1v) is 6.49. The standard InChI is InChI=1S/C13H25N/c1-11-6-5-7-12(10-11)13(14)8-3-2-4-9-13/h11-12H,2-10,14H2,1H3. The highest BCUT2D eigenvalue weighted by molar-refractivity contribution is 4.95. The van der Waals surface area contributed by atoms with E-state index in [2.05, 4.69) is 6.92 Å². The van der Waals surface area contributed by atoms with Crippen LogP contribution in [0, 0.1) is 11.8 Å². The average molecular weight is 195 g/mol. The van der Waals surface area contributed by atoms with Crippen LogP contribution in [-0.2, 0) is 0 Å². The minimum Gasteiger partial charge on any atom is -0.325 e. The molecule has 1 nitrogen and oxygen atoms in total. The van der Waals surface area contributed by atoms with Crippen LogP contribution in [0.1, 0.15) is 64.7 Å². The Morgan fingerprint density at radius 2 is 1.71 bits per heavy atom. The van der Waals surface area contributed by atoms with Crippen LogP contribution < -0.4 is 5.73 Å². The van der Waals surface area contributed by atoms with E-state index < -0.39 is 0 Å². The Balaban J connectivity index is 1.97. The highest BCUT2D eigenvalue weighted by Crippen LogP contribution is 2.41. The number of hydrogen-bond donors (Lipinski definition) is 1. The predicted octanol–water partition coefficient (Wildman–Crippen LogP) is 3.47. The zero-order valence-electron chi connectivity index (χ0n) is 9.60. The van der Waals surface area contributed by atoms with Gasteiger partial charge in [-0.15, -0.1) is 0 Å². The number of rotatable bonds is 1. The zero-order chi connectivity index (χ0) is 10.0. The van der Waals surface area contributed by atoms with Crippen molar-refractivity contribution in [3.63, 3.8) is 0 Å². The fraction of sp³-hybridized carbons (Fsp3) is 1.00. The molecule has 2 N–H and O–H groups in total. The van der Waals surface area contributed by atoms with Crippen LogP contribution in [0.3, 0.4) is 0 Å². The first-order chi connectivity index (χ1) is 6.71. The summed E-state index contributed by atoms with van der Waals surface area (Å²) < 4.78 is 0. The first kappa shape index (κ1) is 10.5. The van der Waals surface area contributed by atoms with E-state index in [4.69, 9.17) is 5.73 Å². The molecule has 0 spiro atoms. The summed E-state index contributed by atoms with van der Waals surface area (Å²) >= 11 is 0. The van der Waals surface area contributed by atoms with Gasteiger partial charge in [-0.05, 0) is 37.5 Å². The van der Waals surface area contributed by atoms with Crippen molar-refractivity contribution in [3.8, 4) is 0 Å². The fourth-order valence-electron chi connectivity index (χ4n) is 3.57. The second-order valence-corrected chi connectivity index (χ2v) is 5.76. The van der Waals surface area contributed by atoms with Gasteiger partial charge in [-0.1, -0.05) is 39.0 Å². The molecule has 2 atom stereocenters. The maximum atomic E-state index is 6.60. The lowest BCUT2D eigenvalue weighted by atomic mass is 9.66. The molecular formula is C13H25N. The molecule has 2 rings (SSSR count). The van der Waals surface area contributed by atoms with E-state index in [-0.39, 0.29) is 5.54 Å². The summed E-state index contributed by atoms with van der Waals surface area (Å²) in [4.78, 5) is 0. The molecule has 0 radical (unpaired) electrons. The molecule has 2 aliphatic carbocycles. The molecule has 0 saturated heterocycles. The SMILES string of the molecule is CC1CCCC(C2(N)CCCCC2)C1. The minimum atomic E-state index is 0.229. The quantitative estimate of drug-likeness (QED) is 0.681. The van der Waals surface area contributed by atoms with Gasteiger partial charge in [0.05, 0.1) is 0 Å². The Morgan fingerprint density at radius 1 is 1.00 bits per heavy atom. The van der Waals surface area contributed by atoms with Gasteiger partial charge in [0.2, 0.25) is 0 Å². The summed E-state index contributed by atoms with van der Waals surface area (Å²) in [5, 5.41) is 0. The zero-order valence-corrected chi connectivity index (χ0v) is 9.60. The Morgan fingerprint density at radius 3 is 2.36 bits per heavy atom. The molecule has 2 fully saturated rings. The average Bonchev–Trinajstić information content (AvgIpc) is 2.19. The summed E-state index contributed by atoms with van der Waals surface area (Å²) in [6, 6.07) is 0. The second-order valence-electron chi connectivity index (χ2n) is 5.76. The van der Waals surface area contributed by atoms with Crippen LogP contribution >= 0.6 is 0 Å². The van der Waals surface area contributed by atoms with Crippen molar-refractivity contribution in [2.45, 2.75) is 70.3 Å². The van der Waals surface area contributed by atoms with Crippen molar-refractivity contribution < 1.29 is 0 Å². The monoisotopic (exact) mass is 195 g/mol. The molecule has 82 valence electrons. The van der Waals surface area contributed by atoms with Crippen molar-refractivity contribution in [3.05, 3.63) is 0 Å². The minimum absolute atomic E-state index is 0.229. The summed E-state index contributed by atoms with van der Waals surface area (Å²) in [5.74, 6) is 1.77. The Hall–Kier alpha value is -0.0400. The van der Waals surface area contributed by atoms with Gasteiger partial charge in [0, 0.05) is 5.54 Å². The van der Waals surface area contributed by atoms with E-state index in [0.717, 1.165) is 11.8 Å². The Kier molecular flexibility index (Phi) is 3.16. The smallest absolute Gasteiger partial charge is 0.0182 e. The second kappa shape index (κ2) is 4.22. The van der Waals surface area contributed by atoms with Gasteiger partial charge in [-0.2, -0.15) is 0 Å². The molecule has 0 aromatic rings. The predicted molar refractivity (Wildman–Crippen MR) is 61.1 cm³/mol. The number of hydrogen-bond acceptors (Lipinski definition) is 1. The van der Waals surface area contributed by atoms with Crippen molar-refractivity contribution in [2.24, 2.45) is 17.6 Å². The molecule has 0 heterocycles. The van der Waals surface area contributed by atoms with Gasteiger partial charge in [-0.25, -0.2) is 0 Å². The largest absolute Gasteiger partial charge is 0.325 e. The fourth-order valence-corrected chi connectivity index (χ4v) is 3.57. The highest BCUT2D eigenvalue weighted by Gasteiger charge is 2.37. The highest BCUT2D eigenvalue weighted by atomic mass is 14.8. The molecule has 14 heavy (non-hydrogen) atoms. The maximum absolute atomic E-state index is 6.60. The molecule has 2 unspecified atom stereocenters. The molecule has 1 heteroatoms. The maximum Gasteiger partial charge on any atom is 0.0182 e.